The van der Waals surface area contributed by atoms with Gasteiger partial charge in [0.05, 0.1) is 5.75 Å². The average molecular weight is 218 g/mol. The van der Waals surface area contributed by atoms with Crippen molar-refractivity contribution in [3.63, 3.8) is 0 Å². The molecule has 82 valence electrons. The molecule has 0 spiro atoms. The first-order valence-corrected chi connectivity index (χ1v) is 6.47. The fraction of sp³-hybridized carbons (Fsp3) is 0.778. The highest BCUT2D eigenvalue weighted by Crippen LogP contribution is 2.20. The molecular formula is C9H18N2O2S. The van der Waals surface area contributed by atoms with Crippen LogP contribution in [0.15, 0.2) is 12.7 Å². The van der Waals surface area contributed by atoms with Gasteiger partial charge in [-0.1, -0.05) is 6.08 Å². The third-order valence-corrected chi connectivity index (χ3v) is 4.30. The van der Waals surface area contributed by atoms with E-state index in [0.717, 1.165) is 19.4 Å². The highest BCUT2D eigenvalue weighted by molar-refractivity contribution is 7.89. The zero-order chi connectivity index (χ0) is 10.6. The molecule has 1 unspecified atom stereocenters. The molecular weight excluding hydrogens is 200 g/mol. The largest absolute Gasteiger partial charge is 0.318 e. The Morgan fingerprint density at radius 1 is 1.64 bits per heavy atom. The number of likely N-dealkylation sites (N-methyl/N-ethyl adjacent to an activating group) is 1. The molecule has 0 radical (unpaired) electrons. The zero-order valence-electron chi connectivity index (χ0n) is 8.57. The van der Waals surface area contributed by atoms with Gasteiger partial charge < -0.3 is 5.32 Å². The van der Waals surface area contributed by atoms with Gasteiger partial charge in [-0.15, -0.1) is 6.58 Å². The van der Waals surface area contributed by atoms with Gasteiger partial charge in [0.1, 0.15) is 0 Å². The van der Waals surface area contributed by atoms with Crippen molar-refractivity contribution in [2.75, 3.05) is 25.9 Å². The van der Waals surface area contributed by atoms with E-state index in [-0.39, 0.29) is 11.8 Å². The van der Waals surface area contributed by atoms with Gasteiger partial charge in [-0.05, 0) is 19.9 Å². The lowest BCUT2D eigenvalue weighted by atomic mass is 10.2. The summed E-state index contributed by atoms with van der Waals surface area (Å²) in [6, 6.07) is 0.130. The molecule has 0 aromatic rings. The van der Waals surface area contributed by atoms with Crippen LogP contribution in [0.2, 0.25) is 0 Å². The van der Waals surface area contributed by atoms with Gasteiger partial charge in [-0.3, -0.25) is 0 Å². The summed E-state index contributed by atoms with van der Waals surface area (Å²) in [5.41, 5.74) is 0. The van der Waals surface area contributed by atoms with Crippen LogP contribution in [0.5, 0.6) is 0 Å². The van der Waals surface area contributed by atoms with Gasteiger partial charge in [0, 0.05) is 19.1 Å². The van der Waals surface area contributed by atoms with Crippen molar-refractivity contribution in [1.29, 1.82) is 0 Å². The first-order valence-electron chi connectivity index (χ1n) is 4.87. The van der Waals surface area contributed by atoms with Crippen molar-refractivity contribution in [3.8, 4) is 0 Å². The Balaban J connectivity index is 2.70. The summed E-state index contributed by atoms with van der Waals surface area (Å²) < 4.78 is 25.1. The van der Waals surface area contributed by atoms with Crippen molar-refractivity contribution in [1.82, 2.24) is 9.62 Å². The van der Waals surface area contributed by atoms with Gasteiger partial charge in [0.15, 0.2) is 0 Å². The molecule has 0 bridgehead atoms. The minimum Gasteiger partial charge on any atom is -0.318 e. The Morgan fingerprint density at radius 3 is 2.93 bits per heavy atom. The molecule has 14 heavy (non-hydrogen) atoms. The van der Waals surface area contributed by atoms with Crippen LogP contribution >= 0.6 is 0 Å². The van der Waals surface area contributed by atoms with Crippen LogP contribution in [0.4, 0.5) is 0 Å². The van der Waals surface area contributed by atoms with Crippen LogP contribution in [-0.2, 0) is 10.0 Å². The fourth-order valence-electron chi connectivity index (χ4n) is 1.86. The number of hydrogen-bond donors (Lipinski definition) is 1. The summed E-state index contributed by atoms with van der Waals surface area (Å²) in [7, 11) is -1.26. The molecule has 0 aromatic heterocycles. The van der Waals surface area contributed by atoms with E-state index in [2.05, 4.69) is 11.9 Å². The van der Waals surface area contributed by atoms with Gasteiger partial charge in [-0.2, -0.15) is 4.31 Å². The summed E-state index contributed by atoms with van der Waals surface area (Å²) in [6.07, 6.45) is 3.37. The molecule has 1 heterocycles. The quantitative estimate of drug-likeness (QED) is 0.670. The normalized spacial score (nSPS) is 23.9. The van der Waals surface area contributed by atoms with Crippen LogP contribution in [-0.4, -0.2) is 44.7 Å². The maximum Gasteiger partial charge on any atom is 0.217 e. The van der Waals surface area contributed by atoms with Crippen LogP contribution < -0.4 is 5.32 Å². The Labute approximate surface area is 86.0 Å². The predicted octanol–water partition coefficient (Wildman–Crippen LogP) is 0.186. The van der Waals surface area contributed by atoms with Crippen LogP contribution in [0.1, 0.15) is 12.8 Å². The standard InChI is InChI=1S/C9H18N2O2S/c1-3-7-14(12,13)11-6-4-5-9(11)8-10-2/h3,9-10H,1,4-8H2,2H3. The maximum atomic E-state index is 11.7. The van der Waals surface area contributed by atoms with Crippen molar-refractivity contribution in [2.24, 2.45) is 0 Å². The molecule has 1 aliphatic heterocycles. The smallest absolute Gasteiger partial charge is 0.217 e. The van der Waals surface area contributed by atoms with Crippen molar-refractivity contribution in [3.05, 3.63) is 12.7 Å². The Kier molecular flexibility index (Phi) is 4.10. The van der Waals surface area contributed by atoms with E-state index in [9.17, 15) is 8.42 Å². The molecule has 1 rings (SSSR count). The third kappa shape index (κ3) is 2.56. The predicted molar refractivity (Wildman–Crippen MR) is 57.6 cm³/mol. The van der Waals surface area contributed by atoms with Gasteiger partial charge >= 0.3 is 0 Å². The molecule has 0 aromatic carbocycles. The lowest BCUT2D eigenvalue weighted by Gasteiger charge is -2.23. The average Bonchev–Trinajstić information content (AvgIpc) is 2.53. The van der Waals surface area contributed by atoms with E-state index in [1.165, 1.54) is 6.08 Å². The topological polar surface area (TPSA) is 49.4 Å². The molecule has 1 aliphatic rings. The molecule has 1 atom stereocenters. The monoisotopic (exact) mass is 218 g/mol. The number of rotatable bonds is 5. The highest BCUT2D eigenvalue weighted by Gasteiger charge is 2.32. The summed E-state index contributed by atoms with van der Waals surface area (Å²) in [6.45, 7) is 4.85. The van der Waals surface area contributed by atoms with Crippen molar-refractivity contribution < 1.29 is 8.42 Å². The first kappa shape index (κ1) is 11.7. The number of nitrogens with zero attached hydrogens (tertiary/aromatic N) is 1. The lowest BCUT2D eigenvalue weighted by Crippen LogP contribution is -2.41. The molecule has 1 fully saturated rings. The third-order valence-electron chi connectivity index (χ3n) is 2.45. The van der Waals surface area contributed by atoms with Gasteiger partial charge in [0.2, 0.25) is 10.0 Å². The van der Waals surface area contributed by atoms with Crippen LogP contribution in [0, 0.1) is 0 Å². The highest BCUT2D eigenvalue weighted by atomic mass is 32.2. The molecule has 0 saturated carbocycles. The second-order valence-electron chi connectivity index (χ2n) is 3.53. The first-order chi connectivity index (χ1) is 6.61. The zero-order valence-corrected chi connectivity index (χ0v) is 9.39. The number of sulfonamides is 1. The summed E-state index contributed by atoms with van der Waals surface area (Å²) in [4.78, 5) is 0. The Hall–Kier alpha value is -0.390. The molecule has 0 amide bonds. The summed E-state index contributed by atoms with van der Waals surface area (Å²) in [5.74, 6) is 0.0488. The van der Waals surface area contributed by atoms with Crippen LogP contribution in [0.25, 0.3) is 0 Å². The SMILES string of the molecule is C=CCS(=O)(=O)N1CCCC1CNC. The summed E-state index contributed by atoms with van der Waals surface area (Å²) >= 11 is 0. The van der Waals surface area contributed by atoms with Crippen molar-refractivity contribution >= 4 is 10.0 Å². The van der Waals surface area contributed by atoms with E-state index >= 15 is 0 Å². The minimum absolute atomic E-state index is 0.0488. The molecule has 5 heteroatoms. The van der Waals surface area contributed by atoms with E-state index in [1.54, 1.807) is 4.31 Å². The van der Waals surface area contributed by atoms with Gasteiger partial charge in [-0.25, -0.2) is 8.42 Å². The molecule has 1 saturated heterocycles. The molecule has 0 aliphatic carbocycles. The van der Waals surface area contributed by atoms with Gasteiger partial charge in [0.25, 0.3) is 0 Å². The van der Waals surface area contributed by atoms with E-state index in [0.29, 0.717) is 6.54 Å². The Morgan fingerprint density at radius 2 is 2.36 bits per heavy atom. The lowest BCUT2D eigenvalue weighted by molar-refractivity contribution is 0.380. The van der Waals surface area contributed by atoms with E-state index in [1.807, 2.05) is 7.05 Å². The van der Waals surface area contributed by atoms with Crippen LogP contribution in [0.3, 0.4) is 0 Å². The maximum absolute atomic E-state index is 11.7. The van der Waals surface area contributed by atoms with E-state index in [4.69, 9.17) is 0 Å². The second kappa shape index (κ2) is 4.91. The van der Waals surface area contributed by atoms with Crippen molar-refractivity contribution in [2.45, 2.75) is 18.9 Å². The Bertz CT molecular complexity index is 287. The number of nitrogens with one attached hydrogen (secondary N) is 1. The molecule has 4 nitrogen and oxygen atoms in total. The fourth-order valence-corrected chi connectivity index (χ4v) is 3.39. The van der Waals surface area contributed by atoms with E-state index < -0.39 is 10.0 Å². The second-order valence-corrected chi connectivity index (χ2v) is 5.50. The number of hydrogen-bond acceptors (Lipinski definition) is 3. The summed E-state index contributed by atoms with van der Waals surface area (Å²) in [5, 5.41) is 3.02. The molecule has 1 N–H and O–H groups in total. The minimum atomic E-state index is -3.11.